The Bertz CT molecular complexity index is 1090. The maximum Gasteiger partial charge on any atom is 0.186 e. The Kier molecular flexibility index (Phi) is 12.7. The summed E-state index contributed by atoms with van der Waals surface area (Å²) in [6.07, 6.45) is 0.622. The van der Waals surface area contributed by atoms with Crippen molar-refractivity contribution in [2.24, 2.45) is 0 Å². The fourth-order valence-corrected chi connectivity index (χ4v) is 6.25. The van der Waals surface area contributed by atoms with Crippen LogP contribution in [-0.2, 0) is 29.1 Å². The lowest BCUT2D eigenvalue weighted by Crippen LogP contribution is -2.19. The molecule has 0 spiro atoms. The van der Waals surface area contributed by atoms with Gasteiger partial charge in [0.25, 0.3) is 0 Å². The van der Waals surface area contributed by atoms with Crippen LogP contribution >= 0.6 is 24.4 Å². The van der Waals surface area contributed by atoms with E-state index in [0.29, 0.717) is 19.6 Å². The van der Waals surface area contributed by atoms with Crippen molar-refractivity contribution < 1.29 is 26.3 Å². The van der Waals surface area contributed by atoms with E-state index in [2.05, 4.69) is 0 Å². The van der Waals surface area contributed by atoms with Crippen molar-refractivity contribution in [3.05, 3.63) is 54.6 Å². The number of ether oxygens (including phenoxy) is 2. The normalized spacial score (nSPS) is 11.1. The van der Waals surface area contributed by atoms with Gasteiger partial charge in [-0.15, -0.1) is 0 Å². The average Bonchev–Trinajstić information content (AvgIpc) is 2.74. The Morgan fingerprint density at radius 2 is 1.21 bits per heavy atom. The molecule has 0 N–H and O–H groups in total. The topological polar surface area (TPSA) is 86.7 Å². The molecule has 0 aliphatic heterocycles. The predicted octanol–water partition coefficient (Wildman–Crippen LogP) is 4.67. The zero-order valence-electron chi connectivity index (χ0n) is 19.0. The molecule has 0 amide bonds. The Hall–Kier alpha value is -1.88. The lowest BCUT2D eigenvalue weighted by atomic mass is 10.1. The first-order valence-corrected chi connectivity index (χ1v) is 14.7. The van der Waals surface area contributed by atoms with Crippen LogP contribution < -0.4 is 0 Å². The van der Waals surface area contributed by atoms with Gasteiger partial charge in [0.2, 0.25) is 0 Å². The van der Waals surface area contributed by atoms with Gasteiger partial charge in [-0.05, 0) is 68.0 Å². The molecule has 33 heavy (non-hydrogen) atoms. The van der Waals surface area contributed by atoms with E-state index in [4.69, 9.17) is 33.9 Å². The van der Waals surface area contributed by atoms with Crippen molar-refractivity contribution in [2.75, 3.05) is 30.5 Å². The fraction of sp³-hybridized carbons (Fsp3) is 0.391. The van der Waals surface area contributed by atoms with Gasteiger partial charge in [0, 0.05) is 0 Å². The van der Waals surface area contributed by atoms with Crippen LogP contribution in [0.5, 0.6) is 0 Å². The van der Waals surface area contributed by atoms with Gasteiger partial charge < -0.3 is 9.47 Å². The molecular formula is C23H30O6S4. The van der Waals surface area contributed by atoms with E-state index < -0.39 is 19.7 Å². The lowest BCUT2D eigenvalue weighted by molar-refractivity contribution is 0.334. The molecule has 10 heteroatoms. The summed E-state index contributed by atoms with van der Waals surface area (Å²) >= 11 is 9.62. The quantitative estimate of drug-likeness (QED) is 0.410. The summed E-state index contributed by atoms with van der Waals surface area (Å²) in [5.41, 5.74) is 2.02. The van der Waals surface area contributed by atoms with Gasteiger partial charge in [-0.2, -0.15) is 0 Å². The van der Waals surface area contributed by atoms with Crippen molar-refractivity contribution in [2.45, 2.75) is 32.1 Å². The Morgan fingerprint density at radius 1 is 0.727 bits per heavy atom. The molecule has 0 fully saturated rings. The molecular weight excluding hydrogens is 501 g/mol. The van der Waals surface area contributed by atoms with E-state index in [0.717, 1.165) is 11.1 Å². The van der Waals surface area contributed by atoms with Gasteiger partial charge in [0.05, 0.1) is 23.9 Å². The van der Waals surface area contributed by atoms with Crippen molar-refractivity contribution in [1.29, 1.82) is 0 Å². The van der Waals surface area contributed by atoms with E-state index in [1.54, 1.807) is 38.1 Å². The minimum atomic E-state index is -3.45. The molecule has 2 rings (SSSR count). The fourth-order valence-electron chi connectivity index (χ4n) is 2.69. The van der Waals surface area contributed by atoms with Gasteiger partial charge in [-0.1, -0.05) is 49.4 Å². The van der Waals surface area contributed by atoms with E-state index in [-0.39, 0.29) is 32.3 Å². The summed E-state index contributed by atoms with van der Waals surface area (Å²) in [5, 5.41) is 0.274. The first-order valence-electron chi connectivity index (χ1n) is 10.4. The number of sulfone groups is 2. The van der Waals surface area contributed by atoms with Crippen LogP contribution in [0.15, 0.2) is 59.5 Å². The van der Waals surface area contributed by atoms with Crippen molar-refractivity contribution >= 4 is 54.2 Å². The summed E-state index contributed by atoms with van der Waals surface area (Å²) in [6.45, 7) is 6.18. The third-order valence-electron chi connectivity index (χ3n) is 4.09. The molecule has 0 aliphatic rings. The lowest BCUT2D eigenvalue weighted by Gasteiger charge is -2.07. The zero-order chi connectivity index (χ0) is 24.9. The number of thiocarbonyl (C=S) groups is 2. The third-order valence-corrected chi connectivity index (χ3v) is 8.35. The largest absolute Gasteiger partial charge is 0.486 e. The monoisotopic (exact) mass is 530 g/mol. The Morgan fingerprint density at radius 3 is 1.70 bits per heavy atom. The second-order valence-corrected chi connectivity index (χ2v) is 11.9. The smallest absolute Gasteiger partial charge is 0.186 e. The van der Waals surface area contributed by atoms with Crippen LogP contribution in [0.1, 0.15) is 27.2 Å². The molecule has 0 heterocycles. The van der Waals surface area contributed by atoms with Gasteiger partial charge in [-0.25, -0.2) is 16.8 Å². The van der Waals surface area contributed by atoms with Crippen molar-refractivity contribution in [3.63, 3.8) is 0 Å². The molecule has 2 aromatic carbocycles. The average molecular weight is 531 g/mol. The summed E-state index contributed by atoms with van der Waals surface area (Å²) in [4.78, 5) is 0.254. The molecule has 6 nitrogen and oxygen atoms in total. The molecule has 0 saturated carbocycles. The molecule has 0 saturated heterocycles. The van der Waals surface area contributed by atoms with Crippen LogP contribution in [0.4, 0.5) is 0 Å². The molecule has 2 aromatic rings. The van der Waals surface area contributed by atoms with E-state index in [1.807, 2.05) is 37.3 Å². The summed E-state index contributed by atoms with van der Waals surface area (Å²) in [6, 6.07) is 16.6. The molecule has 0 radical (unpaired) electrons. The number of rotatable bonds is 10. The summed E-state index contributed by atoms with van der Waals surface area (Å²) in [7, 11) is -6.47. The zero-order valence-corrected chi connectivity index (χ0v) is 22.3. The minimum Gasteiger partial charge on any atom is -0.486 e. The highest BCUT2D eigenvalue weighted by molar-refractivity contribution is 7.94. The first-order chi connectivity index (χ1) is 15.5. The highest BCUT2D eigenvalue weighted by atomic mass is 32.2. The molecule has 0 bridgehead atoms. The Labute approximate surface area is 208 Å². The third kappa shape index (κ3) is 11.2. The SMILES string of the molecule is CCCS(=O)(=O)CC(=S)OCC.CCOC(=S)CS(=O)(=O)c1ccc(-c2ccccc2)cc1. The van der Waals surface area contributed by atoms with Gasteiger partial charge in [0.15, 0.2) is 29.8 Å². The van der Waals surface area contributed by atoms with E-state index in [9.17, 15) is 16.8 Å². The maximum absolute atomic E-state index is 12.2. The van der Waals surface area contributed by atoms with Crippen molar-refractivity contribution in [3.8, 4) is 11.1 Å². The second kappa shape index (κ2) is 14.4. The summed E-state index contributed by atoms with van der Waals surface area (Å²) in [5.74, 6) is -0.203. The van der Waals surface area contributed by atoms with Crippen LogP contribution in [0, 0.1) is 0 Å². The second-order valence-electron chi connectivity index (χ2n) is 6.85. The molecule has 182 valence electrons. The van der Waals surface area contributed by atoms with Gasteiger partial charge in [-0.3, -0.25) is 0 Å². The standard InChI is InChI=1S/C16H16O3S2.C7H14O3S2/c1-2-19-16(20)12-21(17,18)15-10-8-14(9-11-15)13-6-4-3-5-7-13;1-3-5-12(8,9)6-7(11)10-4-2/h3-11H,2,12H2,1H3;3-6H2,1-2H3. The van der Waals surface area contributed by atoms with Crippen LogP contribution in [0.2, 0.25) is 0 Å². The summed E-state index contributed by atoms with van der Waals surface area (Å²) < 4.78 is 56.6. The highest BCUT2D eigenvalue weighted by Gasteiger charge is 2.17. The van der Waals surface area contributed by atoms with Crippen LogP contribution in [0.25, 0.3) is 11.1 Å². The number of hydrogen-bond acceptors (Lipinski definition) is 8. The number of benzene rings is 2. The van der Waals surface area contributed by atoms with Crippen LogP contribution in [-0.4, -0.2) is 57.4 Å². The minimum absolute atomic E-state index is 0.102. The molecule has 0 aliphatic carbocycles. The van der Waals surface area contributed by atoms with E-state index >= 15 is 0 Å². The predicted molar refractivity (Wildman–Crippen MR) is 141 cm³/mol. The van der Waals surface area contributed by atoms with Gasteiger partial charge >= 0.3 is 0 Å². The van der Waals surface area contributed by atoms with Gasteiger partial charge in [0.1, 0.15) is 11.5 Å². The Balaban J connectivity index is 0.000000389. The molecule has 0 unspecified atom stereocenters. The first kappa shape index (κ1) is 29.2. The van der Waals surface area contributed by atoms with Crippen molar-refractivity contribution in [1.82, 2.24) is 0 Å². The highest BCUT2D eigenvalue weighted by Crippen LogP contribution is 2.21. The van der Waals surface area contributed by atoms with Crippen LogP contribution in [0.3, 0.4) is 0 Å². The van der Waals surface area contributed by atoms with E-state index in [1.165, 1.54) is 0 Å². The number of hydrogen-bond donors (Lipinski definition) is 0. The maximum atomic E-state index is 12.2. The molecule has 0 atom stereocenters. The molecule has 0 aromatic heterocycles.